The molecule has 2 rings (SSSR count). The number of aryl methyl sites for hydroxylation is 1. The maximum atomic E-state index is 12.2. The number of halogens is 1. The van der Waals surface area contributed by atoms with Gasteiger partial charge in [-0.2, -0.15) is 0 Å². The van der Waals surface area contributed by atoms with E-state index < -0.39 is 0 Å². The van der Waals surface area contributed by atoms with Crippen LogP contribution in [0.5, 0.6) is 0 Å². The highest BCUT2D eigenvalue weighted by Gasteiger charge is 2.48. The number of carbonyl (C=O) groups is 2. The second-order valence-electron chi connectivity index (χ2n) is 5.79. The molecule has 22 heavy (non-hydrogen) atoms. The van der Waals surface area contributed by atoms with Crippen molar-refractivity contribution in [1.29, 1.82) is 0 Å². The Morgan fingerprint density at radius 3 is 2.68 bits per heavy atom. The van der Waals surface area contributed by atoms with Crippen molar-refractivity contribution in [3.63, 3.8) is 0 Å². The van der Waals surface area contributed by atoms with Crippen LogP contribution in [0.25, 0.3) is 0 Å². The number of nitrogens with one attached hydrogen (secondary N) is 1. The van der Waals surface area contributed by atoms with Crippen molar-refractivity contribution in [3.05, 3.63) is 28.8 Å². The van der Waals surface area contributed by atoms with Gasteiger partial charge in [0, 0.05) is 24.9 Å². The number of methoxy groups -OCH3 is 1. The lowest BCUT2D eigenvalue weighted by Crippen LogP contribution is -2.43. The number of carbonyl (C=O) groups excluding carboxylic acids is 2. The molecule has 1 aromatic carbocycles. The van der Waals surface area contributed by atoms with Crippen LogP contribution in [0, 0.1) is 6.92 Å². The first kappa shape index (κ1) is 16.8. The number of hydrogen-bond acceptors (Lipinski definition) is 3. The normalized spacial score (nSPS) is 15.3. The molecule has 0 spiro atoms. The average molecular weight is 325 g/mol. The van der Waals surface area contributed by atoms with Crippen molar-refractivity contribution >= 4 is 29.1 Å². The molecule has 120 valence electrons. The largest absolute Gasteiger partial charge is 0.382 e. The Bertz CT molecular complexity index is 585. The Balaban J connectivity index is 1.94. The predicted octanol–water partition coefficient (Wildman–Crippen LogP) is 2.61. The fourth-order valence-electron chi connectivity index (χ4n) is 2.43. The third-order valence-corrected chi connectivity index (χ3v) is 4.35. The van der Waals surface area contributed by atoms with Crippen molar-refractivity contribution in [1.82, 2.24) is 4.90 Å². The molecule has 0 aliphatic heterocycles. The zero-order valence-corrected chi connectivity index (χ0v) is 13.9. The van der Waals surface area contributed by atoms with E-state index in [4.69, 9.17) is 16.3 Å². The molecular weight excluding hydrogens is 304 g/mol. The Morgan fingerprint density at radius 1 is 1.41 bits per heavy atom. The second-order valence-corrected chi connectivity index (χ2v) is 6.23. The smallest absolute Gasteiger partial charge is 0.233 e. The SMILES string of the molecule is COCC1(N(C)C(=O)CC(=O)Nc2cc(Cl)ccc2C)CC1. The molecule has 0 atom stereocenters. The summed E-state index contributed by atoms with van der Waals surface area (Å²) in [6.07, 6.45) is 1.64. The first-order valence-corrected chi connectivity index (χ1v) is 7.57. The molecule has 1 aliphatic rings. The van der Waals surface area contributed by atoms with E-state index in [9.17, 15) is 9.59 Å². The zero-order chi connectivity index (χ0) is 16.3. The van der Waals surface area contributed by atoms with Gasteiger partial charge < -0.3 is 15.0 Å². The number of hydrogen-bond donors (Lipinski definition) is 1. The molecule has 2 amide bonds. The van der Waals surface area contributed by atoms with Gasteiger partial charge in [0.15, 0.2) is 0 Å². The Hall–Kier alpha value is -1.59. The van der Waals surface area contributed by atoms with E-state index in [0.29, 0.717) is 17.3 Å². The van der Waals surface area contributed by atoms with Crippen LogP contribution in [0.4, 0.5) is 5.69 Å². The number of likely N-dealkylation sites (N-methyl/N-ethyl adjacent to an activating group) is 1. The monoisotopic (exact) mass is 324 g/mol. The summed E-state index contributed by atoms with van der Waals surface area (Å²) in [5, 5.41) is 3.28. The Kier molecular flexibility index (Phi) is 5.08. The van der Waals surface area contributed by atoms with Crippen LogP contribution in [-0.4, -0.2) is 43.0 Å². The zero-order valence-electron chi connectivity index (χ0n) is 13.1. The van der Waals surface area contributed by atoms with Gasteiger partial charge in [-0.05, 0) is 37.5 Å². The molecule has 0 saturated heterocycles. The summed E-state index contributed by atoms with van der Waals surface area (Å²) in [6, 6.07) is 5.26. The molecule has 0 heterocycles. The number of rotatable bonds is 6. The molecule has 1 N–H and O–H groups in total. The predicted molar refractivity (Wildman–Crippen MR) is 86.0 cm³/mol. The third-order valence-electron chi connectivity index (χ3n) is 4.11. The van der Waals surface area contributed by atoms with Gasteiger partial charge in [0.05, 0.1) is 12.1 Å². The van der Waals surface area contributed by atoms with Crippen LogP contribution in [0.15, 0.2) is 18.2 Å². The van der Waals surface area contributed by atoms with Crippen molar-refractivity contribution < 1.29 is 14.3 Å². The van der Waals surface area contributed by atoms with Crippen molar-refractivity contribution in [2.75, 3.05) is 26.1 Å². The molecule has 0 bridgehead atoms. The second kappa shape index (κ2) is 6.67. The fraction of sp³-hybridized carbons (Fsp3) is 0.500. The lowest BCUT2D eigenvalue weighted by molar-refractivity contribution is -0.136. The molecule has 1 saturated carbocycles. The molecule has 0 aromatic heterocycles. The molecule has 5 nitrogen and oxygen atoms in total. The molecule has 6 heteroatoms. The first-order chi connectivity index (χ1) is 10.4. The molecule has 0 radical (unpaired) electrons. The number of anilines is 1. The van der Waals surface area contributed by atoms with E-state index in [2.05, 4.69) is 5.32 Å². The average Bonchev–Trinajstić information content (AvgIpc) is 3.23. The van der Waals surface area contributed by atoms with Gasteiger partial charge in [-0.3, -0.25) is 9.59 Å². The quantitative estimate of drug-likeness (QED) is 0.818. The van der Waals surface area contributed by atoms with E-state index >= 15 is 0 Å². The minimum Gasteiger partial charge on any atom is -0.382 e. The van der Waals surface area contributed by atoms with E-state index in [-0.39, 0.29) is 23.8 Å². The van der Waals surface area contributed by atoms with Crippen molar-refractivity contribution in [3.8, 4) is 0 Å². The summed E-state index contributed by atoms with van der Waals surface area (Å²) in [5.41, 5.74) is 1.31. The number of benzene rings is 1. The van der Waals surface area contributed by atoms with Crippen molar-refractivity contribution in [2.24, 2.45) is 0 Å². The summed E-state index contributed by atoms with van der Waals surface area (Å²) in [7, 11) is 3.35. The van der Waals surface area contributed by atoms with E-state index in [1.807, 2.05) is 13.0 Å². The fourth-order valence-corrected chi connectivity index (χ4v) is 2.61. The lowest BCUT2D eigenvalue weighted by Gasteiger charge is -2.27. The highest BCUT2D eigenvalue weighted by molar-refractivity contribution is 6.31. The summed E-state index contributed by atoms with van der Waals surface area (Å²) in [5.74, 6) is -0.540. The standard InChI is InChI=1S/C16H21ClN2O3/c1-11-4-5-12(17)8-13(11)18-14(20)9-15(21)19(2)16(6-7-16)10-22-3/h4-5,8H,6-7,9-10H2,1-3H3,(H,18,20). The highest BCUT2D eigenvalue weighted by Crippen LogP contribution is 2.41. The number of ether oxygens (including phenoxy) is 1. The highest BCUT2D eigenvalue weighted by atomic mass is 35.5. The van der Waals surface area contributed by atoms with Gasteiger partial charge in [-0.25, -0.2) is 0 Å². The minimum atomic E-state index is -0.338. The maximum Gasteiger partial charge on any atom is 0.233 e. The van der Waals surface area contributed by atoms with Gasteiger partial charge >= 0.3 is 0 Å². The summed E-state index contributed by atoms with van der Waals surface area (Å²) in [6.45, 7) is 2.38. The van der Waals surface area contributed by atoms with Crippen LogP contribution in [0.1, 0.15) is 24.8 Å². The number of nitrogens with zero attached hydrogens (tertiary/aromatic N) is 1. The van der Waals surface area contributed by atoms with Crippen LogP contribution in [0.3, 0.4) is 0 Å². The van der Waals surface area contributed by atoms with Crippen LogP contribution >= 0.6 is 11.6 Å². The van der Waals surface area contributed by atoms with Crippen LogP contribution in [0.2, 0.25) is 5.02 Å². The molecule has 1 aliphatic carbocycles. The third kappa shape index (κ3) is 3.78. The number of amides is 2. The van der Waals surface area contributed by atoms with E-state index in [1.165, 1.54) is 0 Å². The Labute approximate surface area is 135 Å². The van der Waals surface area contributed by atoms with Crippen LogP contribution < -0.4 is 5.32 Å². The van der Waals surface area contributed by atoms with Gasteiger partial charge in [0.25, 0.3) is 0 Å². The summed E-state index contributed by atoms with van der Waals surface area (Å²) in [4.78, 5) is 25.9. The van der Waals surface area contributed by atoms with Gasteiger partial charge in [-0.1, -0.05) is 17.7 Å². The minimum absolute atomic E-state index is 0.187. The molecule has 1 fully saturated rings. The van der Waals surface area contributed by atoms with E-state index in [1.54, 1.807) is 31.2 Å². The summed E-state index contributed by atoms with van der Waals surface area (Å²) >= 11 is 5.92. The van der Waals surface area contributed by atoms with Gasteiger partial charge in [-0.15, -0.1) is 0 Å². The van der Waals surface area contributed by atoms with Gasteiger partial charge in [0.2, 0.25) is 11.8 Å². The topological polar surface area (TPSA) is 58.6 Å². The summed E-state index contributed by atoms with van der Waals surface area (Å²) < 4.78 is 5.16. The van der Waals surface area contributed by atoms with Crippen molar-refractivity contribution in [2.45, 2.75) is 31.7 Å². The van der Waals surface area contributed by atoms with Gasteiger partial charge in [0.1, 0.15) is 6.42 Å². The molecular formula is C16H21ClN2O3. The molecule has 1 aromatic rings. The first-order valence-electron chi connectivity index (χ1n) is 7.19. The molecule has 0 unspecified atom stereocenters. The van der Waals surface area contributed by atoms with E-state index in [0.717, 1.165) is 18.4 Å². The lowest BCUT2D eigenvalue weighted by atomic mass is 10.2. The van der Waals surface area contributed by atoms with Crippen LogP contribution in [-0.2, 0) is 14.3 Å². The maximum absolute atomic E-state index is 12.2. The Morgan fingerprint density at radius 2 is 2.09 bits per heavy atom.